The van der Waals surface area contributed by atoms with Crippen LogP contribution >= 0.6 is 0 Å². The van der Waals surface area contributed by atoms with E-state index in [4.69, 9.17) is 11.0 Å². The van der Waals surface area contributed by atoms with Crippen LogP contribution in [-0.4, -0.2) is 7.05 Å². The molecule has 0 aliphatic carbocycles. The van der Waals surface area contributed by atoms with Crippen molar-refractivity contribution in [1.29, 1.82) is 5.26 Å². The van der Waals surface area contributed by atoms with Crippen LogP contribution in [0.4, 0.5) is 11.4 Å². The normalized spacial score (nSPS) is 8.00. The van der Waals surface area contributed by atoms with Crippen LogP contribution < -0.4 is 11.1 Å². The molecule has 0 fully saturated rings. The van der Waals surface area contributed by atoms with Crippen molar-refractivity contribution in [2.24, 2.45) is 0 Å². The average Bonchev–Trinajstić information content (AvgIpc) is 2.05. The van der Waals surface area contributed by atoms with Crippen LogP contribution in [0.3, 0.4) is 0 Å². The Morgan fingerprint density at radius 2 is 2.36 bits per heavy atom. The van der Waals surface area contributed by atoms with Gasteiger partial charge >= 0.3 is 0 Å². The Morgan fingerprint density at radius 3 is 2.91 bits per heavy atom. The number of nitrogen functional groups attached to an aromatic ring is 1. The second kappa shape index (κ2) is 2.81. The summed E-state index contributed by atoms with van der Waals surface area (Å²) in [5.41, 5.74) is 6.90. The summed E-state index contributed by atoms with van der Waals surface area (Å²) >= 11 is 0. The monoisotopic (exact) mass is 145 g/mol. The van der Waals surface area contributed by atoms with Gasteiger partial charge in [-0.15, -0.1) is 0 Å². The SMILES string of the molecule is CNc1c#cc(N)c(C#N)c1. The van der Waals surface area contributed by atoms with E-state index < -0.39 is 0 Å². The van der Waals surface area contributed by atoms with E-state index in [0.29, 0.717) is 11.3 Å². The van der Waals surface area contributed by atoms with Gasteiger partial charge in [-0.05, 0) is 18.2 Å². The zero-order valence-corrected chi connectivity index (χ0v) is 6.10. The van der Waals surface area contributed by atoms with Gasteiger partial charge in [0.2, 0.25) is 0 Å². The number of nitrogens with two attached hydrogens (primary N) is 1. The standard InChI is InChI=1S/C8H7N3/c1-11-7-2-3-8(10)6(4-7)5-9/h4,11H,10H2,1H3. The summed E-state index contributed by atoms with van der Waals surface area (Å²) in [6.07, 6.45) is 0. The summed E-state index contributed by atoms with van der Waals surface area (Å²) in [7, 11) is 1.75. The minimum Gasteiger partial charge on any atom is -0.391 e. The molecule has 0 aromatic heterocycles. The number of nitrogens with zero attached hydrogens (tertiary/aromatic N) is 1. The first-order valence-corrected chi connectivity index (χ1v) is 3.09. The fourth-order valence-corrected chi connectivity index (χ4v) is 0.687. The second-order valence-electron chi connectivity index (χ2n) is 2.00. The van der Waals surface area contributed by atoms with Crippen LogP contribution in [0.25, 0.3) is 0 Å². The first-order chi connectivity index (χ1) is 5.27. The molecule has 1 aromatic rings. The molecule has 0 unspecified atom stereocenters. The van der Waals surface area contributed by atoms with Gasteiger partial charge in [-0.1, -0.05) is 0 Å². The highest BCUT2D eigenvalue weighted by Crippen LogP contribution is 2.10. The predicted octanol–water partition coefficient (Wildman–Crippen LogP) is 0.783. The van der Waals surface area contributed by atoms with Crippen LogP contribution in [0.1, 0.15) is 5.56 Å². The Bertz CT molecular complexity index is 299. The fourth-order valence-electron chi connectivity index (χ4n) is 0.687. The third-order valence-corrected chi connectivity index (χ3v) is 1.30. The van der Waals surface area contributed by atoms with Gasteiger partial charge in [0.1, 0.15) is 11.8 Å². The zero-order chi connectivity index (χ0) is 8.27. The van der Waals surface area contributed by atoms with Gasteiger partial charge in [-0.3, -0.25) is 0 Å². The van der Waals surface area contributed by atoms with Crippen molar-refractivity contribution < 1.29 is 0 Å². The maximum absolute atomic E-state index is 8.55. The van der Waals surface area contributed by atoms with Gasteiger partial charge in [-0.2, -0.15) is 5.26 Å². The maximum Gasteiger partial charge on any atom is 0.102 e. The van der Waals surface area contributed by atoms with Gasteiger partial charge < -0.3 is 11.1 Å². The third kappa shape index (κ3) is 1.33. The molecule has 0 aliphatic rings. The molecule has 0 saturated heterocycles. The maximum atomic E-state index is 8.55. The van der Waals surface area contributed by atoms with Crippen LogP contribution in [0.15, 0.2) is 6.07 Å². The van der Waals surface area contributed by atoms with E-state index >= 15 is 0 Å². The quantitative estimate of drug-likeness (QED) is 0.614. The van der Waals surface area contributed by atoms with Gasteiger partial charge in [0, 0.05) is 7.05 Å². The molecular weight excluding hydrogens is 138 g/mol. The lowest BCUT2D eigenvalue weighted by Gasteiger charge is -1.95. The lowest BCUT2D eigenvalue weighted by atomic mass is 10.2. The van der Waals surface area contributed by atoms with Crippen molar-refractivity contribution in [1.82, 2.24) is 0 Å². The summed E-state index contributed by atoms with van der Waals surface area (Å²) in [5.74, 6) is 0. The minimum absolute atomic E-state index is 0.339. The minimum atomic E-state index is 0.339. The molecule has 1 aromatic carbocycles. The van der Waals surface area contributed by atoms with E-state index in [1.54, 1.807) is 13.1 Å². The highest BCUT2D eigenvalue weighted by molar-refractivity contribution is 5.57. The predicted molar refractivity (Wildman–Crippen MR) is 42.8 cm³/mol. The third-order valence-electron chi connectivity index (χ3n) is 1.30. The number of anilines is 2. The first-order valence-electron chi connectivity index (χ1n) is 3.09. The van der Waals surface area contributed by atoms with Crippen molar-refractivity contribution in [2.75, 3.05) is 18.1 Å². The van der Waals surface area contributed by atoms with Crippen LogP contribution in [0.5, 0.6) is 0 Å². The molecule has 0 bridgehead atoms. The summed E-state index contributed by atoms with van der Waals surface area (Å²) < 4.78 is 0. The molecule has 1 rings (SSSR count). The molecule has 3 N–H and O–H groups in total. The average molecular weight is 145 g/mol. The topological polar surface area (TPSA) is 61.8 Å². The molecule has 0 saturated carbocycles. The molecule has 54 valence electrons. The van der Waals surface area contributed by atoms with E-state index in [0.717, 1.165) is 5.69 Å². The Kier molecular flexibility index (Phi) is 1.85. The van der Waals surface area contributed by atoms with Crippen molar-refractivity contribution in [3.63, 3.8) is 0 Å². The Hall–Kier alpha value is -1.87. The number of nitriles is 1. The highest BCUT2D eigenvalue weighted by Gasteiger charge is 1.96. The van der Waals surface area contributed by atoms with Crippen LogP contribution in [0.2, 0.25) is 0 Å². The van der Waals surface area contributed by atoms with Crippen molar-refractivity contribution in [3.8, 4) is 6.07 Å². The molecular formula is C8H7N3. The molecule has 3 heteroatoms. The molecule has 11 heavy (non-hydrogen) atoms. The number of hydrogen-bond acceptors (Lipinski definition) is 3. The van der Waals surface area contributed by atoms with Gasteiger partial charge in [0.25, 0.3) is 0 Å². The van der Waals surface area contributed by atoms with Crippen molar-refractivity contribution >= 4 is 11.4 Å². The van der Waals surface area contributed by atoms with Gasteiger partial charge in [0.15, 0.2) is 0 Å². The number of rotatable bonds is 1. The smallest absolute Gasteiger partial charge is 0.102 e. The molecule has 3 nitrogen and oxygen atoms in total. The Morgan fingerprint density at radius 1 is 1.64 bits per heavy atom. The molecule has 0 amide bonds. The number of hydrogen-bond donors (Lipinski definition) is 2. The van der Waals surface area contributed by atoms with Crippen LogP contribution in [-0.2, 0) is 0 Å². The Labute approximate surface area is 65.4 Å². The lowest BCUT2D eigenvalue weighted by Crippen LogP contribution is -1.91. The highest BCUT2D eigenvalue weighted by atomic mass is 14.8. The summed E-state index contributed by atoms with van der Waals surface area (Å²) in [4.78, 5) is 0. The summed E-state index contributed by atoms with van der Waals surface area (Å²) in [6.45, 7) is 0. The van der Waals surface area contributed by atoms with E-state index in [1.165, 1.54) is 0 Å². The van der Waals surface area contributed by atoms with Crippen molar-refractivity contribution in [3.05, 3.63) is 23.8 Å². The van der Waals surface area contributed by atoms with E-state index in [1.807, 2.05) is 6.07 Å². The summed E-state index contributed by atoms with van der Waals surface area (Å²) in [6, 6.07) is 8.97. The first kappa shape index (κ1) is 7.24. The Balaban J connectivity index is 3.15. The molecule has 0 heterocycles. The summed E-state index contributed by atoms with van der Waals surface area (Å²) in [5, 5.41) is 11.4. The van der Waals surface area contributed by atoms with Gasteiger partial charge in [0.05, 0.1) is 11.3 Å². The number of nitrogens with one attached hydrogen (secondary N) is 1. The second-order valence-corrected chi connectivity index (χ2v) is 2.00. The molecule has 0 aliphatic heterocycles. The largest absolute Gasteiger partial charge is 0.391 e. The lowest BCUT2D eigenvalue weighted by molar-refractivity contribution is 1.46. The van der Waals surface area contributed by atoms with Crippen LogP contribution in [0, 0.1) is 23.5 Å². The molecule has 0 spiro atoms. The van der Waals surface area contributed by atoms with E-state index in [9.17, 15) is 0 Å². The zero-order valence-electron chi connectivity index (χ0n) is 6.10. The molecule has 0 radical (unpaired) electrons. The van der Waals surface area contributed by atoms with E-state index in [-0.39, 0.29) is 0 Å². The molecule has 0 atom stereocenters. The van der Waals surface area contributed by atoms with E-state index in [2.05, 4.69) is 17.4 Å². The van der Waals surface area contributed by atoms with Gasteiger partial charge in [-0.25, -0.2) is 0 Å². The fraction of sp³-hybridized carbons (Fsp3) is 0.125. The van der Waals surface area contributed by atoms with Crippen molar-refractivity contribution in [2.45, 2.75) is 0 Å².